The maximum atomic E-state index is 12.5. The van der Waals surface area contributed by atoms with Gasteiger partial charge in [-0.05, 0) is 36.6 Å². The molecule has 1 fully saturated rings. The zero-order valence-corrected chi connectivity index (χ0v) is 15.9. The maximum absolute atomic E-state index is 12.5. The number of nitrogens with one attached hydrogen (secondary N) is 1. The number of piperidine rings is 1. The van der Waals surface area contributed by atoms with Gasteiger partial charge in [-0.2, -0.15) is 4.31 Å². The smallest absolute Gasteiger partial charge is 0.252 e. The lowest BCUT2D eigenvalue weighted by Gasteiger charge is -2.33. The molecule has 1 atom stereocenters. The minimum atomic E-state index is -3.37. The van der Waals surface area contributed by atoms with Crippen molar-refractivity contribution in [3.8, 4) is 0 Å². The Balaban J connectivity index is 1.82. The molecule has 24 heavy (non-hydrogen) atoms. The second kappa shape index (κ2) is 8.94. The molecule has 0 saturated carbocycles. The summed E-state index contributed by atoms with van der Waals surface area (Å²) >= 11 is 1.24. The minimum absolute atomic E-state index is 0.0469. The number of amides is 1. The van der Waals surface area contributed by atoms with Crippen LogP contribution in [-0.4, -0.2) is 52.0 Å². The molecule has 1 aromatic rings. The van der Waals surface area contributed by atoms with E-state index in [1.54, 1.807) is 28.9 Å². The summed E-state index contributed by atoms with van der Waals surface area (Å²) in [5.74, 6) is 0.173. The second-order valence-electron chi connectivity index (χ2n) is 6.10. The SMILES string of the molecule is COCCCNC(=O)[C@@H](C)C1CCN(S(=O)(=O)c2cccs2)CC1. The van der Waals surface area contributed by atoms with Gasteiger partial charge in [0.25, 0.3) is 10.0 Å². The van der Waals surface area contributed by atoms with Crippen molar-refractivity contribution in [2.45, 2.75) is 30.4 Å². The summed E-state index contributed by atoms with van der Waals surface area (Å²) in [4.78, 5) is 12.2. The van der Waals surface area contributed by atoms with Gasteiger partial charge >= 0.3 is 0 Å². The van der Waals surface area contributed by atoms with Crippen LogP contribution in [0.4, 0.5) is 0 Å². The highest BCUT2D eigenvalue weighted by molar-refractivity contribution is 7.91. The Hall–Kier alpha value is -0.960. The van der Waals surface area contributed by atoms with Crippen LogP contribution in [0.15, 0.2) is 21.7 Å². The Morgan fingerprint density at radius 3 is 2.75 bits per heavy atom. The first-order valence-corrected chi connectivity index (χ1v) is 10.6. The van der Waals surface area contributed by atoms with Crippen molar-refractivity contribution in [2.24, 2.45) is 11.8 Å². The lowest BCUT2D eigenvalue weighted by molar-refractivity contribution is -0.126. The van der Waals surface area contributed by atoms with E-state index < -0.39 is 10.0 Å². The first kappa shape index (κ1) is 19.4. The lowest BCUT2D eigenvalue weighted by atomic mass is 9.85. The quantitative estimate of drug-likeness (QED) is 0.706. The zero-order chi connectivity index (χ0) is 17.6. The second-order valence-corrected chi connectivity index (χ2v) is 9.21. The van der Waals surface area contributed by atoms with Crippen molar-refractivity contribution in [3.63, 3.8) is 0 Å². The molecule has 6 nitrogen and oxygen atoms in total. The van der Waals surface area contributed by atoms with Gasteiger partial charge in [0.1, 0.15) is 4.21 Å². The highest BCUT2D eigenvalue weighted by Gasteiger charge is 2.33. The molecule has 136 valence electrons. The summed E-state index contributed by atoms with van der Waals surface area (Å²) in [6, 6.07) is 3.39. The molecule has 0 unspecified atom stereocenters. The topological polar surface area (TPSA) is 75.7 Å². The van der Waals surface area contributed by atoms with Gasteiger partial charge in [0.05, 0.1) is 0 Å². The fraction of sp³-hybridized carbons (Fsp3) is 0.688. The van der Waals surface area contributed by atoms with Gasteiger partial charge in [0, 0.05) is 39.3 Å². The van der Waals surface area contributed by atoms with Gasteiger partial charge < -0.3 is 10.1 Å². The molecule has 0 aromatic carbocycles. The molecule has 2 rings (SSSR count). The first-order valence-electron chi connectivity index (χ1n) is 8.27. The molecule has 0 radical (unpaired) electrons. The van der Waals surface area contributed by atoms with E-state index in [-0.39, 0.29) is 17.7 Å². The molecule has 1 aliphatic heterocycles. The normalized spacial score (nSPS) is 18.4. The molecule has 1 saturated heterocycles. The first-order chi connectivity index (χ1) is 11.5. The number of ether oxygens (including phenoxy) is 1. The Labute approximate surface area is 148 Å². The molecule has 0 bridgehead atoms. The number of carbonyl (C=O) groups is 1. The van der Waals surface area contributed by atoms with Crippen LogP contribution >= 0.6 is 11.3 Å². The average molecular weight is 375 g/mol. The van der Waals surface area contributed by atoms with Crippen molar-refractivity contribution in [1.82, 2.24) is 9.62 Å². The van der Waals surface area contributed by atoms with Crippen LogP contribution in [0, 0.1) is 11.8 Å². The molecule has 8 heteroatoms. The number of hydrogen-bond acceptors (Lipinski definition) is 5. The van der Waals surface area contributed by atoms with E-state index in [1.807, 2.05) is 6.92 Å². The van der Waals surface area contributed by atoms with Crippen LogP contribution in [0.5, 0.6) is 0 Å². The van der Waals surface area contributed by atoms with Gasteiger partial charge in [-0.15, -0.1) is 11.3 Å². The van der Waals surface area contributed by atoms with Crippen LogP contribution in [0.3, 0.4) is 0 Å². The van der Waals surface area contributed by atoms with Crippen LogP contribution < -0.4 is 5.32 Å². The fourth-order valence-electron chi connectivity index (χ4n) is 2.96. The van der Waals surface area contributed by atoms with E-state index in [1.165, 1.54) is 11.3 Å². The van der Waals surface area contributed by atoms with E-state index in [9.17, 15) is 13.2 Å². The molecule has 0 spiro atoms. The Kier molecular flexibility index (Phi) is 7.21. The van der Waals surface area contributed by atoms with E-state index in [0.717, 1.165) is 19.3 Å². The molecular weight excluding hydrogens is 348 g/mol. The standard InChI is InChI=1S/C16H26N2O4S2/c1-13(16(19)17-8-4-11-22-2)14-6-9-18(10-7-14)24(20,21)15-5-3-12-23-15/h3,5,12-14H,4,6-11H2,1-2H3,(H,17,19)/t13-/m0/s1. The van der Waals surface area contributed by atoms with Gasteiger partial charge in [-0.25, -0.2) is 8.42 Å². The van der Waals surface area contributed by atoms with Crippen LogP contribution in [0.2, 0.25) is 0 Å². The summed E-state index contributed by atoms with van der Waals surface area (Å²) in [5.41, 5.74) is 0. The van der Waals surface area contributed by atoms with Crippen LogP contribution in [-0.2, 0) is 19.6 Å². The Bertz CT molecular complexity index is 608. The number of nitrogens with zero attached hydrogens (tertiary/aromatic N) is 1. The third-order valence-electron chi connectivity index (χ3n) is 4.53. The minimum Gasteiger partial charge on any atom is -0.385 e. The average Bonchev–Trinajstić information content (AvgIpc) is 3.13. The van der Waals surface area contributed by atoms with E-state index >= 15 is 0 Å². The Morgan fingerprint density at radius 2 is 2.17 bits per heavy atom. The fourth-order valence-corrected chi connectivity index (χ4v) is 5.57. The van der Waals surface area contributed by atoms with Gasteiger partial charge in [-0.1, -0.05) is 13.0 Å². The van der Waals surface area contributed by atoms with E-state index in [4.69, 9.17) is 4.74 Å². The molecule has 1 N–H and O–H groups in total. The molecule has 1 aromatic heterocycles. The van der Waals surface area contributed by atoms with Gasteiger partial charge in [0.15, 0.2) is 0 Å². The van der Waals surface area contributed by atoms with E-state index in [0.29, 0.717) is 30.5 Å². The number of methoxy groups -OCH3 is 1. The summed E-state index contributed by atoms with van der Waals surface area (Å²) in [6.07, 6.45) is 2.24. The predicted octanol–water partition coefficient (Wildman–Crippen LogP) is 1.94. The third-order valence-corrected chi connectivity index (χ3v) is 7.80. The summed E-state index contributed by atoms with van der Waals surface area (Å²) in [7, 11) is -1.73. The van der Waals surface area contributed by atoms with Gasteiger partial charge in [-0.3, -0.25) is 4.79 Å². The van der Waals surface area contributed by atoms with Crippen molar-refractivity contribution < 1.29 is 17.9 Å². The zero-order valence-electron chi connectivity index (χ0n) is 14.2. The number of rotatable bonds is 8. The van der Waals surface area contributed by atoms with Crippen molar-refractivity contribution in [2.75, 3.05) is 33.4 Å². The highest BCUT2D eigenvalue weighted by Crippen LogP contribution is 2.29. The Morgan fingerprint density at radius 1 is 1.46 bits per heavy atom. The maximum Gasteiger partial charge on any atom is 0.252 e. The summed E-state index contributed by atoms with van der Waals surface area (Å²) in [6.45, 7) is 4.13. The number of hydrogen-bond donors (Lipinski definition) is 1. The van der Waals surface area contributed by atoms with Crippen molar-refractivity contribution in [3.05, 3.63) is 17.5 Å². The third kappa shape index (κ3) is 4.78. The monoisotopic (exact) mass is 374 g/mol. The number of carbonyl (C=O) groups excluding carboxylic acids is 1. The summed E-state index contributed by atoms with van der Waals surface area (Å²) in [5, 5.41) is 4.70. The van der Waals surface area contributed by atoms with E-state index in [2.05, 4.69) is 5.32 Å². The molecule has 2 heterocycles. The number of thiophene rings is 1. The van der Waals surface area contributed by atoms with Gasteiger partial charge in [0.2, 0.25) is 5.91 Å². The molecule has 0 aliphatic carbocycles. The molecule has 1 aliphatic rings. The molecular formula is C16H26N2O4S2. The van der Waals surface area contributed by atoms with Crippen molar-refractivity contribution in [1.29, 1.82) is 0 Å². The summed E-state index contributed by atoms with van der Waals surface area (Å²) < 4.78 is 31.9. The highest BCUT2D eigenvalue weighted by atomic mass is 32.2. The largest absolute Gasteiger partial charge is 0.385 e. The predicted molar refractivity (Wildman–Crippen MR) is 94.5 cm³/mol. The van der Waals surface area contributed by atoms with Crippen molar-refractivity contribution >= 4 is 27.3 Å². The molecule has 1 amide bonds. The lowest BCUT2D eigenvalue weighted by Crippen LogP contribution is -2.42. The number of sulfonamides is 1. The van der Waals surface area contributed by atoms with Crippen LogP contribution in [0.25, 0.3) is 0 Å². The van der Waals surface area contributed by atoms with Crippen LogP contribution in [0.1, 0.15) is 26.2 Å².